The van der Waals surface area contributed by atoms with Crippen LogP contribution in [0.5, 0.6) is 11.5 Å². The van der Waals surface area contributed by atoms with Crippen LogP contribution in [-0.4, -0.2) is 29.6 Å². The number of ether oxygens (including phenoxy) is 2. The van der Waals surface area contributed by atoms with Crippen molar-refractivity contribution in [3.8, 4) is 23.1 Å². The summed E-state index contributed by atoms with van der Waals surface area (Å²) in [4.78, 5) is 18.2. The first-order valence-corrected chi connectivity index (χ1v) is 12.9. The van der Waals surface area contributed by atoms with Crippen LogP contribution in [0.2, 0.25) is 0 Å². The molecular weight excluding hydrogens is 581 g/mol. The summed E-state index contributed by atoms with van der Waals surface area (Å²) in [6, 6.07) is 20.5. The van der Waals surface area contributed by atoms with Crippen molar-refractivity contribution < 1.29 is 13.9 Å². The highest BCUT2D eigenvalue weighted by molar-refractivity contribution is 14.1. The summed E-state index contributed by atoms with van der Waals surface area (Å²) in [5.74, 6) is 2.06. The standard InChI is InChI=1S/C29H26IN3O4/c1-29(2,3)17-36-26-21(30)13-18(14-24(26)35-4)16-31-33-27(25-15-19-9-5-8-12-23(19)37-25)32-22-11-7-6-10-20(22)28(33)34/h5-16H,17H2,1-4H3. The van der Waals surface area contributed by atoms with E-state index in [-0.39, 0.29) is 11.0 Å². The molecule has 0 spiro atoms. The average molecular weight is 607 g/mol. The Balaban J connectivity index is 1.61. The molecule has 0 aliphatic carbocycles. The van der Waals surface area contributed by atoms with E-state index in [9.17, 15) is 4.79 Å². The van der Waals surface area contributed by atoms with Crippen LogP contribution >= 0.6 is 22.6 Å². The molecule has 5 rings (SSSR count). The van der Waals surface area contributed by atoms with E-state index in [1.807, 2.05) is 54.6 Å². The van der Waals surface area contributed by atoms with E-state index < -0.39 is 0 Å². The van der Waals surface area contributed by atoms with E-state index in [0.717, 1.165) is 14.5 Å². The van der Waals surface area contributed by atoms with Crippen LogP contribution in [0, 0.1) is 8.99 Å². The number of halogens is 1. The van der Waals surface area contributed by atoms with Crippen molar-refractivity contribution in [2.75, 3.05) is 13.7 Å². The molecule has 0 aliphatic heterocycles. The largest absolute Gasteiger partial charge is 0.493 e. The Bertz CT molecular complexity index is 1660. The first-order chi connectivity index (χ1) is 17.7. The fourth-order valence-electron chi connectivity index (χ4n) is 3.85. The van der Waals surface area contributed by atoms with Crippen LogP contribution < -0.4 is 15.0 Å². The minimum atomic E-state index is -0.288. The summed E-state index contributed by atoms with van der Waals surface area (Å²) < 4.78 is 19.9. The summed E-state index contributed by atoms with van der Waals surface area (Å²) >= 11 is 2.22. The Morgan fingerprint density at radius 3 is 2.59 bits per heavy atom. The van der Waals surface area contributed by atoms with Crippen molar-refractivity contribution in [2.24, 2.45) is 10.5 Å². The zero-order chi connectivity index (χ0) is 26.2. The number of para-hydroxylation sites is 2. The topological polar surface area (TPSA) is 78.9 Å². The normalized spacial score (nSPS) is 12.0. The van der Waals surface area contributed by atoms with Crippen molar-refractivity contribution >= 4 is 50.7 Å². The van der Waals surface area contributed by atoms with Crippen molar-refractivity contribution in [1.82, 2.24) is 9.66 Å². The van der Waals surface area contributed by atoms with Crippen LogP contribution in [0.15, 0.2) is 81.0 Å². The Labute approximate surface area is 227 Å². The van der Waals surface area contributed by atoms with E-state index in [4.69, 9.17) is 18.9 Å². The van der Waals surface area contributed by atoms with Gasteiger partial charge in [0.25, 0.3) is 5.56 Å². The van der Waals surface area contributed by atoms with Gasteiger partial charge >= 0.3 is 0 Å². The molecule has 7 nitrogen and oxygen atoms in total. The third-order valence-corrected chi connectivity index (χ3v) is 6.42. The minimum absolute atomic E-state index is 0.00548. The highest BCUT2D eigenvalue weighted by Crippen LogP contribution is 2.35. The molecule has 0 N–H and O–H groups in total. The average Bonchev–Trinajstić information content (AvgIpc) is 3.31. The van der Waals surface area contributed by atoms with Gasteiger partial charge in [0.2, 0.25) is 5.82 Å². The van der Waals surface area contributed by atoms with E-state index in [2.05, 4.69) is 48.5 Å². The van der Waals surface area contributed by atoms with Gasteiger partial charge in [-0.25, -0.2) is 4.98 Å². The van der Waals surface area contributed by atoms with Crippen molar-refractivity contribution in [3.05, 3.63) is 86.2 Å². The van der Waals surface area contributed by atoms with E-state index in [1.165, 1.54) is 4.68 Å². The van der Waals surface area contributed by atoms with Gasteiger partial charge in [-0.1, -0.05) is 51.1 Å². The predicted octanol–water partition coefficient (Wildman–Crippen LogP) is 6.73. The van der Waals surface area contributed by atoms with Crippen molar-refractivity contribution in [2.45, 2.75) is 20.8 Å². The molecule has 0 amide bonds. The molecule has 2 heterocycles. The molecule has 0 unspecified atom stereocenters. The van der Waals surface area contributed by atoms with Gasteiger partial charge in [0, 0.05) is 5.39 Å². The van der Waals surface area contributed by atoms with Gasteiger partial charge in [-0.2, -0.15) is 9.78 Å². The van der Waals surface area contributed by atoms with Gasteiger partial charge in [0.15, 0.2) is 17.3 Å². The summed E-state index contributed by atoms with van der Waals surface area (Å²) in [5, 5.41) is 5.95. The highest BCUT2D eigenvalue weighted by Gasteiger charge is 2.18. The Morgan fingerprint density at radius 2 is 1.84 bits per heavy atom. The fraction of sp³-hybridized carbons (Fsp3) is 0.207. The number of furan rings is 1. The van der Waals surface area contributed by atoms with Gasteiger partial charge < -0.3 is 13.9 Å². The number of fused-ring (bicyclic) bond motifs is 2. The van der Waals surface area contributed by atoms with Gasteiger partial charge in [-0.3, -0.25) is 4.79 Å². The predicted molar refractivity (Wildman–Crippen MR) is 155 cm³/mol. The zero-order valence-electron chi connectivity index (χ0n) is 21.0. The summed E-state index contributed by atoms with van der Waals surface area (Å²) in [6.45, 7) is 6.89. The highest BCUT2D eigenvalue weighted by atomic mass is 127. The molecule has 0 fully saturated rings. The lowest BCUT2D eigenvalue weighted by Gasteiger charge is -2.21. The molecular formula is C29H26IN3O4. The molecule has 188 valence electrons. The molecule has 0 bridgehead atoms. The van der Waals surface area contributed by atoms with Crippen molar-refractivity contribution in [1.29, 1.82) is 0 Å². The number of rotatable bonds is 6. The van der Waals surface area contributed by atoms with Gasteiger partial charge in [-0.15, -0.1) is 0 Å². The second-order valence-corrected chi connectivity index (χ2v) is 11.0. The molecule has 2 aromatic heterocycles. The molecule has 0 radical (unpaired) electrons. The smallest absolute Gasteiger partial charge is 0.282 e. The first kappa shape index (κ1) is 25.0. The molecule has 5 aromatic rings. The molecule has 0 atom stereocenters. The lowest BCUT2D eigenvalue weighted by atomic mass is 9.99. The summed E-state index contributed by atoms with van der Waals surface area (Å²) in [6.07, 6.45) is 1.61. The molecule has 8 heteroatoms. The fourth-order valence-corrected chi connectivity index (χ4v) is 4.63. The van der Waals surface area contributed by atoms with Crippen LogP contribution in [-0.2, 0) is 0 Å². The van der Waals surface area contributed by atoms with Gasteiger partial charge in [0.05, 0.1) is 34.4 Å². The summed E-state index contributed by atoms with van der Waals surface area (Å²) in [7, 11) is 1.60. The quantitative estimate of drug-likeness (QED) is 0.158. The minimum Gasteiger partial charge on any atom is -0.493 e. The second kappa shape index (κ2) is 10.0. The molecule has 0 saturated heterocycles. The van der Waals surface area contributed by atoms with Crippen LogP contribution in [0.4, 0.5) is 0 Å². The number of nitrogens with zero attached hydrogens (tertiary/aromatic N) is 3. The van der Waals surface area contributed by atoms with Crippen LogP contribution in [0.25, 0.3) is 33.5 Å². The SMILES string of the molecule is COc1cc(C=Nn2c(-c3cc4ccccc4o3)nc3ccccc3c2=O)cc(I)c1OCC(C)(C)C. The monoisotopic (exact) mass is 607 g/mol. The lowest BCUT2D eigenvalue weighted by molar-refractivity contribution is 0.190. The van der Waals surface area contributed by atoms with Gasteiger partial charge in [-0.05, 0) is 70.0 Å². The molecule has 37 heavy (non-hydrogen) atoms. The Kier molecular flexibility index (Phi) is 6.76. The maximum atomic E-state index is 13.5. The summed E-state index contributed by atoms with van der Waals surface area (Å²) in [5.41, 5.74) is 1.75. The van der Waals surface area contributed by atoms with E-state index in [1.54, 1.807) is 25.5 Å². The third kappa shape index (κ3) is 5.24. The Hall–Kier alpha value is -3.66. The van der Waals surface area contributed by atoms with Gasteiger partial charge in [0.1, 0.15) is 5.58 Å². The zero-order valence-corrected chi connectivity index (χ0v) is 23.1. The number of hydrogen-bond acceptors (Lipinski definition) is 6. The number of hydrogen-bond donors (Lipinski definition) is 0. The second-order valence-electron chi connectivity index (χ2n) is 9.85. The maximum absolute atomic E-state index is 13.5. The number of methoxy groups -OCH3 is 1. The van der Waals surface area contributed by atoms with Crippen molar-refractivity contribution in [3.63, 3.8) is 0 Å². The first-order valence-electron chi connectivity index (χ1n) is 11.8. The van der Waals surface area contributed by atoms with E-state index in [0.29, 0.717) is 46.2 Å². The maximum Gasteiger partial charge on any atom is 0.282 e. The van der Waals surface area contributed by atoms with E-state index >= 15 is 0 Å². The number of aromatic nitrogens is 2. The van der Waals surface area contributed by atoms with Crippen LogP contribution in [0.3, 0.4) is 0 Å². The lowest BCUT2D eigenvalue weighted by Crippen LogP contribution is -2.20. The third-order valence-electron chi connectivity index (χ3n) is 5.62. The number of benzene rings is 3. The van der Waals surface area contributed by atoms with Crippen LogP contribution in [0.1, 0.15) is 26.3 Å². The molecule has 0 saturated carbocycles. The molecule has 0 aliphatic rings. The molecule has 3 aromatic carbocycles. The Morgan fingerprint density at radius 1 is 1.08 bits per heavy atom.